The van der Waals surface area contributed by atoms with Gasteiger partial charge in [0.2, 0.25) is 0 Å². The first-order valence-electron chi connectivity index (χ1n) is 24.5. The van der Waals surface area contributed by atoms with Crippen LogP contribution in [0.5, 0.6) is 0 Å². The number of nitriles is 1. The zero-order valence-corrected chi connectivity index (χ0v) is 42.4. The van der Waals surface area contributed by atoms with Crippen LogP contribution < -0.4 is 0 Å². The van der Waals surface area contributed by atoms with Crippen molar-refractivity contribution in [3.8, 4) is 51.9 Å². The van der Waals surface area contributed by atoms with Crippen LogP contribution in [0.15, 0.2) is 98.6 Å². The summed E-state index contributed by atoms with van der Waals surface area (Å²) in [4.78, 5) is 60.7. The lowest BCUT2D eigenvalue weighted by atomic mass is 10.1. The molecule has 1 saturated heterocycles. The van der Waals surface area contributed by atoms with E-state index in [1.54, 1.807) is 63.6 Å². The number of ether oxygens (including phenoxy) is 3. The SMILES string of the molecule is CCOC(=O)c1cc(-c2ccco2)cc(CN2CCN(Cc3cc(-c4ccco4)cc(C(=O)OCC)n3)CCN(Cc3cc(-c4ccc(C#CCCCCOPOCCC#N)o4)cc(C(=O)OCC)n3)CC2)n1. The topological polar surface area (TPSA) is 209 Å². The Kier molecular flexibility index (Phi) is 20.8. The highest BCUT2D eigenvalue weighted by molar-refractivity contribution is 7.26. The normalized spacial score (nSPS) is 13.7. The van der Waals surface area contributed by atoms with Gasteiger partial charge in [-0.15, -0.1) is 0 Å². The fourth-order valence-corrected chi connectivity index (χ4v) is 8.41. The molecule has 0 radical (unpaired) electrons. The van der Waals surface area contributed by atoms with Gasteiger partial charge in [-0.05, 0) is 112 Å². The van der Waals surface area contributed by atoms with Gasteiger partial charge >= 0.3 is 17.9 Å². The summed E-state index contributed by atoms with van der Waals surface area (Å²) in [6.45, 7) is 11.7. The zero-order valence-electron chi connectivity index (χ0n) is 41.4. The molecular formula is C54H60N7O11P. The summed E-state index contributed by atoms with van der Waals surface area (Å²) in [5.41, 5.74) is 4.57. The first-order valence-corrected chi connectivity index (χ1v) is 25.3. The van der Waals surface area contributed by atoms with Crippen molar-refractivity contribution < 1.29 is 50.9 Å². The van der Waals surface area contributed by atoms with Crippen LogP contribution in [0.1, 0.15) is 101 Å². The molecule has 0 aliphatic carbocycles. The van der Waals surface area contributed by atoms with Crippen molar-refractivity contribution in [2.24, 2.45) is 0 Å². The van der Waals surface area contributed by atoms with Crippen molar-refractivity contribution in [3.05, 3.63) is 125 Å². The maximum absolute atomic E-state index is 13.3. The van der Waals surface area contributed by atoms with Gasteiger partial charge in [0.1, 0.15) is 34.4 Å². The summed E-state index contributed by atoms with van der Waals surface area (Å²) >= 11 is 0. The minimum atomic E-state index is -0.546. The number of nitrogens with zero attached hydrogens (tertiary/aromatic N) is 7. The largest absolute Gasteiger partial charge is 0.464 e. The van der Waals surface area contributed by atoms with Crippen LogP contribution in [-0.2, 0) is 42.9 Å². The molecule has 19 heteroatoms. The van der Waals surface area contributed by atoms with Crippen molar-refractivity contribution in [2.45, 2.75) is 66.1 Å². The first-order chi connectivity index (χ1) is 35.7. The van der Waals surface area contributed by atoms with Gasteiger partial charge in [0.25, 0.3) is 0 Å². The Morgan fingerprint density at radius 1 is 0.589 bits per heavy atom. The molecule has 6 aromatic heterocycles. The highest BCUT2D eigenvalue weighted by Crippen LogP contribution is 2.27. The molecule has 18 nitrogen and oxygen atoms in total. The fourth-order valence-electron chi connectivity index (χ4n) is 7.91. The van der Waals surface area contributed by atoms with E-state index in [4.69, 9.17) is 56.7 Å². The van der Waals surface area contributed by atoms with Crippen molar-refractivity contribution >= 4 is 26.9 Å². The number of aromatic nitrogens is 3. The van der Waals surface area contributed by atoms with Crippen LogP contribution in [0.3, 0.4) is 0 Å². The van der Waals surface area contributed by atoms with Gasteiger partial charge in [-0.25, -0.2) is 29.3 Å². The molecule has 73 heavy (non-hydrogen) atoms. The average molecular weight is 1010 g/mol. The van der Waals surface area contributed by atoms with E-state index < -0.39 is 17.9 Å². The van der Waals surface area contributed by atoms with Gasteiger partial charge in [0.05, 0.1) is 75.1 Å². The molecule has 0 spiro atoms. The Bertz CT molecular complexity index is 2720. The second-order valence-corrected chi connectivity index (χ2v) is 17.5. The zero-order chi connectivity index (χ0) is 51.2. The Hall–Kier alpha value is -7.02. The molecule has 0 N–H and O–H groups in total. The number of furan rings is 3. The maximum Gasteiger partial charge on any atom is 0.356 e. The lowest BCUT2D eigenvalue weighted by Crippen LogP contribution is -2.36. The van der Waals surface area contributed by atoms with E-state index in [9.17, 15) is 14.4 Å². The summed E-state index contributed by atoms with van der Waals surface area (Å²) in [5.74, 6) is 6.92. The number of pyridine rings is 3. The number of carbonyl (C=O) groups is 3. The first kappa shape index (κ1) is 53.8. The Labute approximate surface area is 426 Å². The van der Waals surface area contributed by atoms with E-state index in [0.717, 1.165) is 12.8 Å². The third kappa shape index (κ3) is 16.5. The van der Waals surface area contributed by atoms with E-state index in [1.807, 2.05) is 48.5 Å². The number of esters is 3. The van der Waals surface area contributed by atoms with E-state index in [1.165, 1.54) is 0 Å². The summed E-state index contributed by atoms with van der Waals surface area (Å²) in [6.07, 6.45) is 5.83. The molecule has 7 rings (SSSR count). The van der Waals surface area contributed by atoms with E-state index in [2.05, 4.69) is 26.5 Å². The molecule has 0 saturated carbocycles. The monoisotopic (exact) mass is 1010 g/mol. The minimum absolute atomic E-state index is 0.0806. The molecule has 1 aliphatic heterocycles. The quantitative estimate of drug-likeness (QED) is 0.0193. The molecule has 382 valence electrons. The second kappa shape index (κ2) is 28.3. The number of rotatable bonds is 23. The maximum atomic E-state index is 13.3. The summed E-state index contributed by atoms with van der Waals surface area (Å²) in [5, 5.41) is 8.61. The van der Waals surface area contributed by atoms with Crippen molar-refractivity contribution in [3.63, 3.8) is 0 Å². The molecule has 1 aliphatic rings. The predicted molar refractivity (Wildman–Crippen MR) is 271 cm³/mol. The highest BCUT2D eigenvalue weighted by Gasteiger charge is 2.23. The molecule has 0 bridgehead atoms. The molecular weight excluding hydrogens is 954 g/mol. The van der Waals surface area contributed by atoms with E-state index >= 15 is 0 Å². The van der Waals surface area contributed by atoms with Gasteiger partial charge in [-0.2, -0.15) is 5.26 Å². The van der Waals surface area contributed by atoms with Crippen LogP contribution in [-0.4, -0.2) is 120 Å². The fraction of sp³-hybridized carbons (Fsp3) is 0.389. The Morgan fingerprint density at radius 3 is 1.47 bits per heavy atom. The minimum Gasteiger partial charge on any atom is -0.464 e. The van der Waals surface area contributed by atoms with Gasteiger partial charge < -0.3 is 36.5 Å². The van der Waals surface area contributed by atoms with Gasteiger partial charge in [-0.3, -0.25) is 14.7 Å². The lowest BCUT2D eigenvalue weighted by molar-refractivity contribution is 0.0509. The number of unbranched alkanes of at least 4 members (excludes halogenated alkanes) is 2. The second-order valence-electron chi connectivity index (χ2n) is 16.8. The van der Waals surface area contributed by atoms with E-state index in [-0.39, 0.29) is 45.9 Å². The number of hydrogen-bond donors (Lipinski definition) is 0. The van der Waals surface area contributed by atoms with Crippen LogP contribution >= 0.6 is 9.03 Å². The Morgan fingerprint density at radius 2 is 1.04 bits per heavy atom. The van der Waals surface area contributed by atoms with Crippen LogP contribution in [0, 0.1) is 23.2 Å². The summed E-state index contributed by atoms with van der Waals surface area (Å²) < 4.78 is 44.6. The van der Waals surface area contributed by atoms with Crippen LogP contribution in [0.25, 0.3) is 34.0 Å². The van der Waals surface area contributed by atoms with Crippen molar-refractivity contribution in [1.82, 2.24) is 29.7 Å². The van der Waals surface area contributed by atoms with Crippen molar-refractivity contribution in [2.75, 3.05) is 72.3 Å². The lowest BCUT2D eigenvalue weighted by Gasteiger charge is -2.25. The smallest absolute Gasteiger partial charge is 0.356 e. The summed E-state index contributed by atoms with van der Waals surface area (Å²) in [6, 6.07) is 23.8. The van der Waals surface area contributed by atoms with Gasteiger partial charge in [-0.1, -0.05) is 5.92 Å². The van der Waals surface area contributed by atoms with E-state index in [0.29, 0.717) is 142 Å². The molecule has 1 unspecified atom stereocenters. The third-order valence-corrected chi connectivity index (χ3v) is 12.0. The average Bonchev–Trinajstić information content (AvgIpc) is 4.23. The number of carbonyl (C=O) groups excluding carboxylic acids is 3. The predicted octanol–water partition coefficient (Wildman–Crippen LogP) is 8.98. The third-order valence-electron chi connectivity index (χ3n) is 11.4. The Balaban J connectivity index is 1.14. The van der Waals surface area contributed by atoms with Gasteiger partial charge in [0, 0.05) is 82.0 Å². The molecule has 1 atom stereocenters. The van der Waals surface area contributed by atoms with Crippen molar-refractivity contribution in [1.29, 1.82) is 5.26 Å². The highest BCUT2D eigenvalue weighted by atomic mass is 31.1. The number of hydrogen-bond acceptors (Lipinski definition) is 18. The molecule has 7 heterocycles. The van der Waals surface area contributed by atoms with Gasteiger partial charge in [0.15, 0.2) is 14.8 Å². The standard InChI is InChI=1S/C54H60N7O11P/c1-4-65-52(62)46-33-39(49-15-11-26-68-49)30-42(56-46)36-59-20-21-60(37-43-31-40(50-16-12-27-69-50)34-47(57-43)53(63)66-5-2)23-25-61(24-22-59)38-44-32-41(35-48(58-44)54(64)67-6-3)51-18-17-45(72-51)14-9-7-8-10-28-70-73-71-29-13-19-55/h11-12,15-18,26-27,30-35,73H,4-8,10,13,20-25,28-29,36-38H2,1-3H3. The van der Waals surface area contributed by atoms with Crippen LogP contribution in [0.2, 0.25) is 0 Å². The molecule has 1 fully saturated rings. The summed E-state index contributed by atoms with van der Waals surface area (Å²) in [7, 11) is -0.0806. The molecule has 0 amide bonds. The molecule has 6 aromatic rings. The molecule has 0 aromatic carbocycles. The van der Waals surface area contributed by atoms with Crippen LogP contribution in [0.4, 0.5) is 0 Å².